The fraction of sp³-hybridized carbons (Fsp3) is 0.500. The first kappa shape index (κ1) is 19.2. The maximum Gasteiger partial charge on any atom is 0.233 e. The van der Waals surface area contributed by atoms with Crippen LogP contribution in [0.3, 0.4) is 0 Å². The third-order valence-electron chi connectivity index (χ3n) is 6.45. The van der Waals surface area contributed by atoms with E-state index in [0.29, 0.717) is 26.3 Å². The van der Waals surface area contributed by atoms with Gasteiger partial charge in [0.2, 0.25) is 5.91 Å². The second kappa shape index (κ2) is 7.83. The molecule has 2 aromatic rings. The molecule has 3 aliphatic rings. The van der Waals surface area contributed by atoms with Gasteiger partial charge in [0, 0.05) is 45.3 Å². The Hall–Kier alpha value is -2.74. The number of anilines is 2. The summed E-state index contributed by atoms with van der Waals surface area (Å²) in [6, 6.07) is 8.49. The Labute approximate surface area is 175 Å². The van der Waals surface area contributed by atoms with Crippen molar-refractivity contribution < 1.29 is 13.9 Å². The Morgan fingerprint density at radius 2 is 1.67 bits per heavy atom. The molecule has 0 atom stereocenters. The zero-order valence-corrected chi connectivity index (χ0v) is 17.0. The molecule has 0 N–H and O–H groups in total. The van der Waals surface area contributed by atoms with E-state index >= 15 is 0 Å². The van der Waals surface area contributed by atoms with Gasteiger partial charge in [0.05, 0.1) is 30.5 Å². The highest BCUT2D eigenvalue weighted by Gasteiger charge is 2.53. The molecule has 0 spiro atoms. The highest BCUT2D eigenvalue weighted by Crippen LogP contribution is 2.49. The molecule has 1 aliphatic carbocycles. The zero-order valence-electron chi connectivity index (χ0n) is 17.0. The molecule has 1 aromatic carbocycles. The Balaban J connectivity index is 1.23. The fourth-order valence-corrected chi connectivity index (χ4v) is 4.46. The van der Waals surface area contributed by atoms with Crippen molar-refractivity contribution in [3.05, 3.63) is 47.9 Å². The van der Waals surface area contributed by atoms with Crippen LogP contribution in [0.15, 0.2) is 36.5 Å². The number of amides is 1. The molecule has 158 valence electrons. The molecular formula is C22H26FN5O2. The first-order valence-corrected chi connectivity index (χ1v) is 10.6. The Morgan fingerprint density at radius 3 is 2.33 bits per heavy atom. The van der Waals surface area contributed by atoms with Gasteiger partial charge in [-0.05, 0) is 30.5 Å². The van der Waals surface area contributed by atoms with Crippen LogP contribution in [-0.2, 0) is 14.9 Å². The van der Waals surface area contributed by atoms with E-state index in [9.17, 15) is 9.18 Å². The molecule has 0 radical (unpaired) electrons. The van der Waals surface area contributed by atoms with Crippen molar-refractivity contribution in [3.8, 4) is 0 Å². The SMILES string of the molecule is O=C(N1CCN(c2cnnc(N3CCOCC3)c2)CC1)C1(c2ccc(F)cc2)CC1. The number of hydrogen-bond donors (Lipinski definition) is 0. The molecule has 1 saturated carbocycles. The normalized spacial score (nSPS) is 20.9. The van der Waals surface area contributed by atoms with Gasteiger partial charge >= 0.3 is 0 Å². The van der Waals surface area contributed by atoms with Crippen LogP contribution >= 0.6 is 0 Å². The lowest BCUT2D eigenvalue weighted by atomic mass is 9.94. The second-order valence-electron chi connectivity index (χ2n) is 8.24. The van der Waals surface area contributed by atoms with Crippen molar-refractivity contribution >= 4 is 17.4 Å². The van der Waals surface area contributed by atoms with E-state index in [0.717, 1.165) is 56.1 Å². The van der Waals surface area contributed by atoms with E-state index in [-0.39, 0.29) is 11.7 Å². The average Bonchev–Trinajstić information content (AvgIpc) is 3.62. The van der Waals surface area contributed by atoms with Crippen molar-refractivity contribution in [1.82, 2.24) is 15.1 Å². The smallest absolute Gasteiger partial charge is 0.233 e. The summed E-state index contributed by atoms with van der Waals surface area (Å²) in [4.78, 5) is 19.7. The number of carbonyl (C=O) groups excluding carboxylic acids is 1. The van der Waals surface area contributed by atoms with Crippen LogP contribution in [-0.4, -0.2) is 73.5 Å². The number of ether oxygens (including phenoxy) is 1. The van der Waals surface area contributed by atoms with E-state index in [2.05, 4.69) is 26.1 Å². The lowest BCUT2D eigenvalue weighted by Crippen LogP contribution is -2.51. The minimum absolute atomic E-state index is 0.176. The molecular weight excluding hydrogens is 385 g/mol. The lowest BCUT2D eigenvalue weighted by Gasteiger charge is -2.38. The standard InChI is InChI=1S/C22H26FN5O2/c23-18-3-1-17(2-4-18)22(5-6-22)21(29)28-9-7-26(8-10-28)19-15-20(25-24-16-19)27-11-13-30-14-12-27/h1-4,15-16H,5-14H2. The monoisotopic (exact) mass is 411 g/mol. The minimum atomic E-state index is -0.447. The van der Waals surface area contributed by atoms with Gasteiger partial charge in [-0.25, -0.2) is 4.39 Å². The van der Waals surface area contributed by atoms with Gasteiger partial charge in [-0.3, -0.25) is 4.79 Å². The van der Waals surface area contributed by atoms with Crippen molar-refractivity contribution in [2.24, 2.45) is 0 Å². The molecule has 1 amide bonds. The largest absolute Gasteiger partial charge is 0.378 e. The molecule has 5 rings (SSSR count). The molecule has 3 fully saturated rings. The van der Waals surface area contributed by atoms with Gasteiger partial charge in [-0.1, -0.05) is 12.1 Å². The van der Waals surface area contributed by atoms with E-state index in [1.54, 1.807) is 18.3 Å². The first-order valence-electron chi connectivity index (χ1n) is 10.6. The van der Waals surface area contributed by atoms with Crippen LogP contribution in [0.4, 0.5) is 15.9 Å². The van der Waals surface area contributed by atoms with Crippen molar-refractivity contribution in [2.45, 2.75) is 18.3 Å². The summed E-state index contributed by atoms with van der Waals surface area (Å²) in [6.45, 7) is 5.95. The van der Waals surface area contributed by atoms with Gasteiger partial charge < -0.3 is 19.4 Å². The molecule has 0 unspecified atom stereocenters. The summed E-state index contributed by atoms with van der Waals surface area (Å²) in [5, 5.41) is 8.48. The summed E-state index contributed by atoms with van der Waals surface area (Å²) >= 11 is 0. The molecule has 2 aliphatic heterocycles. The van der Waals surface area contributed by atoms with Crippen LogP contribution in [0.1, 0.15) is 18.4 Å². The summed E-state index contributed by atoms with van der Waals surface area (Å²) in [7, 11) is 0. The number of rotatable bonds is 4. The highest BCUT2D eigenvalue weighted by atomic mass is 19.1. The lowest BCUT2D eigenvalue weighted by molar-refractivity contribution is -0.134. The predicted octanol–water partition coefficient (Wildman–Crippen LogP) is 1.83. The number of halogens is 1. The predicted molar refractivity (Wildman–Crippen MR) is 111 cm³/mol. The third kappa shape index (κ3) is 3.60. The summed E-state index contributed by atoms with van der Waals surface area (Å²) in [6.07, 6.45) is 3.48. The van der Waals surface area contributed by atoms with E-state index < -0.39 is 5.41 Å². The Bertz CT molecular complexity index is 904. The Morgan fingerprint density at radius 1 is 0.967 bits per heavy atom. The quantitative estimate of drug-likeness (QED) is 0.765. The summed E-state index contributed by atoms with van der Waals surface area (Å²) < 4.78 is 18.7. The Kier molecular flexibility index (Phi) is 5.02. The number of carbonyl (C=O) groups is 1. The highest BCUT2D eigenvalue weighted by molar-refractivity contribution is 5.91. The third-order valence-corrected chi connectivity index (χ3v) is 6.45. The van der Waals surface area contributed by atoms with E-state index in [4.69, 9.17) is 4.74 Å². The number of aromatic nitrogens is 2. The van der Waals surface area contributed by atoms with Gasteiger partial charge in [0.15, 0.2) is 5.82 Å². The van der Waals surface area contributed by atoms with E-state index in [1.807, 2.05) is 4.90 Å². The second-order valence-corrected chi connectivity index (χ2v) is 8.24. The average molecular weight is 411 g/mol. The van der Waals surface area contributed by atoms with Crippen LogP contribution in [0.2, 0.25) is 0 Å². The molecule has 3 heterocycles. The van der Waals surface area contributed by atoms with Crippen molar-refractivity contribution in [2.75, 3.05) is 62.3 Å². The first-order chi connectivity index (χ1) is 14.7. The van der Waals surface area contributed by atoms with Crippen LogP contribution in [0, 0.1) is 5.82 Å². The maximum absolute atomic E-state index is 13.3. The maximum atomic E-state index is 13.3. The topological polar surface area (TPSA) is 61.8 Å². The van der Waals surface area contributed by atoms with Crippen molar-refractivity contribution in [3.63, 3.8) is 0 Å². The van der Waals surface area contributed by atoms with Gasteiger partial charge in [0.1, 0.15) is 5.82 Å². The molecule has 30 heavy (non-hydrogen) atoms. The van der Waals surface area contributed by atoms with Crippen LogP contribution in [0.5, 0.6) is 0 Å². The molecule has 7 nitrogen and oxygen atoms in total. The van der Waals surface area contributed by atoms with Crippen LogP contribution < -0.4 is 9.80 Å². The number of benzene rings is 1. The molecule has 0 bridgehead atoms. The van der Waals surface area contributed by atoms with Crippen molar-refractivity contribution in [1.29, 1.82) is 0 Å². The number of hydrogen-bond acceptors (Lipinski definition) is 6. The number of nitrogens with zero attached hydrogens (tertiary/aromatic N) is 5. The molecule has 1 aromatic heterocycles. The van der Waals surface area contributed by atoms with Gasteiger partial charge in [-0.15, -0.1) is 5.10 Å². The minimum Gasteiger partial charge on any atom is -0.378 e. The summed E-state index contributed by atoms with van der Waals surface area (Å²) in [5.41, 5.74) is 1.53. The van der Waals surface area contributed by atoms with Gasteiger partial charge in [-0.2, -0.15) is 5.10 Å². The fourth-order valence-electron chi connectivity index (χ4n) is 4.46. The zero-order chi connectivity index (χ0) is 20.6. The van der Waals surface area contributed by atoms with Gasteiger partial charge in [0.25, 0.3) is 0 Å². The molecule has 8 heteroatoms. The van der Waals surface area contributed by atoms with E-state index in [1.165, 1.54) is 12.1 Å². The molecule has 2 saturated heterocycles. The number of piperazine rings is 1. The van der Waals surface area contributed by atoms with Crippen LogP contribution in [0.25, 0.3) is 0 Å². The number of morpholine rings is 1. The summed E-state index contributed by atoms with van der Waals surface area (Å²) in [5.74, 6) is 0.788.